The van der Waals surface area contributed by atoms with Crippen molar-refractivity contribution in [2.24, 2.45) is 0 Å². The van der Waals surface area contributed by atoms with Crippen LogP contribution in [0.1, 0.15) is 6.92 Å². The van der Waals surface area contributed by atoms with E-state index in [9.17, 15) is 9.90 Å². The van der Waals surface area contributed by atoms with E-state index in [1.165, 1.54) is 11.8 Å². The molecule has 0 unspecified atom stereocenters. The maximum absolute atomic E-state index is 10.6. The highest BCUT2D eigenvalue weighted by Gasteiger charge is 2.09. The first-order chi connectivity index (χ1) is 7.18. The van der Waals surface area contributed by atoms with Crippen molar-refractivity contribution in [2.75, 3.05) is 0 Å². The van der Waals surface area contributed by atoms with Crippen molar-refractivity contribution in [1.82, 2.24) is 4.98 Å². The predicted molar refractivity (Wildman–Crippen MR) is 58.6 cm³/mol. The number of para-hydroxylation sites is 1. The Morgan fingerprint density at radius 2 is 2.20 bits per heavy atom. The van der Waals surface area contributed by atoms with Crippen LogP contribution in [0.25, 0.3) is 10.9 Å². The molecule has 0 aliphatic heterocycles. The third-order valence-electron chi connectivity index (χ3n) is 2.19. The summed E-state index contributed by atoms with van der Waals surface area (Å²) in [5, 5.41) is 11.1. The van der Waals surface area contributed by atoms with Crippen molar-refractivity contribution in [3.8, 4) is 0 Å². The molecule has 2 aromatic rings. The summed E-state index contributed by atoms with van der Waals surface area (Å²) in [5.41, 5.74) is 1.02. The number of H-pyrrole nitrogens is 1. The highest BCUT2D eigenvalue weighted by molar-refractivity contribution is 8.00. The van der Waals surface area contributed by atoms with Gasteiger partial charge in [0, 0.05) is 27.2 Å². The number of nitrogens with one attached hydrogen (secondary N) is 1. The Kier molecular flexibility index (Phi) is 2.68. The summed E-state index contributed by atoms with van der Waals surface area (Å²) in [4.78, 5) is 14.7. The number of hydrogen-bond acceptors (Lipinski definition) is 3. The molecule has 1 N–H and O–H groups in total. The topological polar surface area (TPSA) is 55.9 Å². The lowest BCUT2D eigenvalue weighted by Crippen LogP contribution is -2.31. The number of fused-ring (bicyclic) bond motifs is 1. The van der Waals surface area contributed by atoms with Crippen molar-refractivity contribution in [1.29, 1.82) is 0 Å². The molecule has 0 bridgehead atoms. The molecule has 3 nitrogen and oxygen atoms in total. The lowest BCUT2D eigenvalue weighted by atomic mass is 10.2. The van der Waals surface area contributed by atoms with E-state index < -0.39 is 11.2 Å². The monoisotopic (exact) mass is 220 g/mol. The number of hydrogen-bond donors (Lipinski definition) is 1. The van der Waals surface area contributed by atoms with Gasteiger partial charge in [-0.1, -0.05) is 18.2 Å². The van der Waals surface area contributed by atoms with Crippen molar-refractivity contribution >= 4 is 28.6 Å². The van der Waals surface area contributed by atoms with E-state index in [0.29, 0.717) is 0 Å². The predicted octanol–water partition coefficient (Wildman–Crippen LogP) is 1.40. The van der Waals surface area contributed by atoms with Crippen LogP contribution in [0.15, 0.2) is 35.4 Å². The normalized spacial score (nSPS) is 12.9. The minimum absolute atomic E-state index is 0.538. The maximum atomic E-state index is 10.6. The number of aliphatic carboxylic acids is 1. The van der Waals surface area contributed by atoms with Gasteiger partial charge in [0.1, 0.15) is 0 Å². The molecule has 0 saturated carbocycles. The van der Waals surface area contributed by atoms with Crippen molar-refractivity contribution in [2.45, 2.75) is 17.1 Å². The van der Waals surface area contributed by atoms with Gasteiger partial charge in [-0.3, -0.25) is 0 Å². The number of carboxylic acids is 1. The van der Waals surface area contributed by atoms with E-state index in [1.54, 1.807) is 6.92 Å². The number of carbonyl (C=O) groups is 1. The fraction of sp³-hybridized carbons (Fsp3) is 0.182. The molecule has 0 aliphatic carbocycles. The Morgan fingerprint density at radius 3 is 2.93 bits per heavy atom. The zero-order chi connectivity index (χ0) is 10.8. The fourth-order valence-electron chi connectivity index (χ4n) is 1.38. The van der Waals surface area contributed by atoms with E-state index in [1.807, 2.05) is 30.5 Å². The van der Waals surface area contributed by atoms with Gasteiger partial charge in [-0.15, -0.1) is 11.8 Å². The molecule has 78 valence electrons. The lowest BCUT2D eigenvalue weighted by molar-refractivity contribution is -0.304. The molecule has 2 rings (SSSR count). The average Bonchev–Trinajstić information content (AvgIpc) is 2.62. The Balaban J connectivity index is 2.32. The van der Waals surface area contributed by atoms with E-state index in [0.717, 1.165) is 15.8 Å². The SMILES string of the molecule is C[C@H](Sc1c[nH]c2ccccc12)C(=O)[O-]. The Morgan fingerprint density at radius 1 is 1.47 bits per heavy atom. The smallest absolute Gasteiger partial charge is 0.0545 e. The number of benzene rings is 1. The van der Waals surface area contributed by atoms with Crippen LogP contribution in [0.2, 0.25) is 0 Å². The van der Waals surface area contributed by atoms with Gasteiger partial charge in [0.25, 0.3) is 0 Å². The number of carboxylic acid groups (broad SMARTS) is 1. The molecular formula is C11H10NO2S-. The van der Waals surface area contributed by atoms with Crippen LogP contribution in [0, 0.1) is 0 Å². The molecule has 0 aliphatic rings. The van der Waals surface area contributed by atoms with Crippen molar-refractivity contribution in [3.63, 3.8) is 0 Å². The molecule has 0 fully saturated rings. The first-order valence-corrected chi connectivity index (χ1v) is 5.50. The molecule has 0 radical (unpaired) electrons. The first kappa shape index (κ1) is 10.1. The van der Waals surface area contributed by atoms with E-state index in [4.69, 9.17) is 0 Å². The van der Waals surface area contributed by atoms with Gasteiger partial charge >= 0.3 is 0 Å². The largest absolute Gasteiger partial charge is 0.549 e. The van der Waals surface area contributed by atoms with Crippen LogP contribution >= 0.6 is 11.8 Å². The highest BCUT2D eigenvalue weighted by Crippen LogP contribution is 2.30. The van der Waals surface area contributed by atoms with Gasteiger partial charge in [0.15, 0.2) is 0 Å². The molecule has 15 heavy (non-hydrogen) atoms. The summed E-state index contributed by atoms with van der Waals surface area (Å²) in [6.07, 6.45) is 1.83. The second-order valence-corrected chi connectivity index (χ2v) is 4.66. The van der Waals surface area contributed by atoms with Crippen LogP contribution < -0.4 is 5.11 Å². The maximum Gasteiger partial charge on any atom is 0.0545 e. The molecule has 0 spiro atoms. The first-order valence-electron chi connectivity index (χ1n) is 4.62. The van der Waals surface area contributed by atoms with Crippen LogP contribution in [-0.4, -0.2) is 16.2 Å². The third kappa shape index (κ3) is 1.99. The summed E-state index contributed by atoms with van der Waals surface area (Å²) in [6.45, 7) is 1.63. The quantitative estimate of drug-likeness (QED) is 0.795. The number of aromatic nitrogens is 1. The summed E-state index contributed by atoms with van der Waals surface area (Å²) in [6, 6.07) is 7.80. The van der Waals surface area contributed by atoms with Crippen LogP contribution in [0.4, 0.5) is 0 Å². The minimum atomic E-state index is -1.04. The molecule has 1 aromatic carbocycles. The van der Waals surface area contributed by atoms with E-state index in [2.05, 4.69) is 4.98 Å². The van der Waals surface area contributed by atoms with Gasteiger partial charge in [-0.05, 0) is 13.0 Å². The summed E-state index contributed by atoms with van der Waals surface area (Å²) >= 11 is 1.29. The summed E-state index contributed by atoms with van der Waals surface area (Å²) in [5.74, 6) is -1.04. The summed E-state index contributed by atoms with van der Waals surface area (Å²) in [7, 11) is 0. The van der Waals surface area contributed by atoms with Crippen molar-refractivity contribution < 1.29 is 9.90 Å². The minimum Gasteiger partial charge on any atom is -0.549 e. The molecule has 1 aromatic heterocycles. The zero-order valence-corrected chi connectivity index (χ0v) is 9.01. The standard InChI is InChI=1S/C11H11NO2S/c1-7(11(13)14)15-10-6-12-9-5-3-2-4-8(9)10/h2-7,12H,1H3,(H,13,14)/p-1/t7-/m0/s1. The zero-order valence-electron chi connectivity index (χ0n) is 8.19. The molecule has 1 atom stereocenters. The van der Waals surface area contributed by atoms with E-state index in [-0.39, 0.29) is 0 Å². The second-order valence-electron chi connectivity index (χ2n) is 3.28. The fourth-order valence-corrected chi connectivity index (χ4v) is 2.29. The molecule has 0 amide bonds. The molecule has 4 heteroatoms. The lowest BCUT2D eigenvalue weighted by Gasteiger charge is -2.10. The van der Waals surface area contributed by atoms with Gasteiger partial charge < -0.3 is 14.9 Å². The number of rotatable bonds is 3. The highest BCUT2D eigenvalue weighted by atomic mass is 32.2. The number of aromatic amines is 1. The Labute approximate surface area is 91.5 Å². The molecule has 0 saturated heterocycles. The van der Waals surface area contributed by atoms with Crippen LogP contribution in [0.5, 0.6) is 0 Å². The average molecular weight is 220 g/mol. The third-order valence-corrected chi connectivity index (χ3v) is 3.32. The van der Waals surface area contributed by atoms with Gasteiger partial charge in [-0.25, -0.2) is 0 Å². The molecule has 1 heterocycles. The van der Waals surface area contributed by atoms with Gasteiger partial charge in [0.2, 0.25) is 0 Å². The number of carbonyl (C=O) groups excluding carboxylic acids is 1. The van der Waals surface area contributed by atoms with Crippen LogP contribution in [-0.2, 0) is 4.79 Å². The van der Waals surface area contributed by atoms with Crippen LogP contribution in [0.3, 0.4) is 0 Å². The van der Waals surface area contributed by atoms with E-state index >= 15 is 0 Å². The number of thioether (sulfide) groups is 1. The van der Waals surface area contributed by atoms with Gasteiger partial charge in [0.05, 0.1) is 5.97 Å². The van der Waals surface area contributed by atoms with Crippen molar-refractivity contribution in [3.05, 3.63) is 30.5 Å². The Hall–Kier alpha value is -1.42. The molecular weight excluding hydrogens is 210 g/mol. The second kappa shape index (κ2) is 3.98. The van der Waals surface area contributed by atoms with Gasteiger partial charge in [-0.2, -0.15) is 0 Å². The Bertz CT molecular complexity index is 492. The summed E-state index contributed by atoms with van der Waals surface area (Å²) < 4.78 is 0.